The maximum atomic E-state index is 13.2. The van der Waals surface area contributed by atoms with E-state index in [0.29, 0.717) is 0 Å². The summed E-state index contributed by atoms with van der Waals surface area (Å²) in [5.74, 6) is -0.00545. The predicted molar refractivity (Wildman–Crippen MR) is 217 cm³/mol. The van der Waals surface area contributed by atoms with Crippen LogP contribution < -0.4 is 10.6 Å². The Morgan fingerprint density at radius 1 is 0.681 bits per heavy atom. The molecule has 268 valence electrons. The first-order chi connectivity index (χ1) is 22.9. The SMILES string of the molecule is C=CN(C)C=C.CC.CC.CC.CC.CC.CCC(C)NC(C(=O)N[C@@H](C)c1ccccc1)c1ccc(-c2ccccc2)cc1.CCl. The van der Waals surface area contributed by atoms with Crippen LogP contribution in [0.4, 0.5) is 0 Å². The highest BCUT2D eigenvalue weighted by Gasteiger charge is 2.23. The molecule has 0 aliphatic rings. The van der Waals surface area contributed by atoms with Gasteiger partial charge in [0.05, 0.1) is 6.04 Å². The highest BCUT2D eigenvalue weighted by molar-refractivity contribution is 6.15. The van der Waals surface area contributed by atoms with E-state index in [2.05, 4.69) is 85.6 Å². The van der Waals surface area contributed by atoms with Crippen molar-refractivity contribution in [2.45, 2.75) is 115 Å². The van der Waals surface area contributed by atoms with E-state index in [-0.39, 0.29) is 24.0 Å². The van der Waals surface area contributed by atoms with Crippen molar-refractivity contribution < 1.29 is 4.79 Å². The molecule has 47 heavy (non-hydrogen) atoms. The lowest BCUT2D eigenvalue weighted by molar-refractivity contribution is -0.124. The van der Waals surface area contributed by atoms with Crippen LogP contribution in [0.15, 0.2) is 110 Å². The van der Waals surface area contributed by atoms with Crippen molar-refractivity contribution in [1.29, 1.82) is 0 Å². The van der Waals surface area contributed by atoms with Crippen LogP contribution in [-0.4, -0.2) is 30.3 Å². The van der Waals surface area contributed by atoms with Gasteiger partial charge >= 0.3 is 0 Å². The molecule has 1 amide bonds. The maximum Gasteiger partial charge on any atom is 0.242 e. The topological polar surface area (TPSA) is 44.4 Å². The Hall–Kier alpha value is -3.34. The molecule has 0 aromatic heterocycles. The minimum Gasteiger partial charge on any atom is -0.358 e. The second kappa shape index (κ2) is 40.7. The highest BCUT2D eigenvalue weighted by atomic mass is 35.5. The molecule has 0 aliphatic carbocycles. The fourth-order valence-electron chi connectivity index (χ4n) is 3.42. The molecule has 3 rings (SSSR count). The Bertz CT molecular complexity index is 1030. The van der Waals surface area contributed by atoms with Gasteiger partial charge in [0.15, 0.2) is 0 Å². The van der Waals surface area contributed by atoms with E-state index in [1.165, 1.54) is 11.9 Å². The van der Waals surface area contributed by atoms with Gasteiger partial charge in [0.2, 0.25) is 5.91 Å². The van der Waals surface area contributed by atoms with E-state index in [1.807, 2.05) is 132 Å². The standard InChI is InChI=1S/C26H30N2O.C5H9N.5C2H6.CH3Cl/c1-4-19(2)27-25(26(29)28-20(3)21-11-7-5-8-12-21)24-17-15-23(16-18-24)22-13-9-6-10-14-22;1-4-6(3)5-2;6*1-2/h5-20,25,27H,4H2,1-3H3,(H,28,29);4-5H,1-2H2,3H3;5*1-2H3;1H3/t19?,20-,25?;;;;;;;/m0......./s1. The smallest absolute Gasteiger partial charge is 0.242 e. The van der Waals surface area contributed by atoms with Crippen LogP contribution in [0, 0.1) is 0 Å². The maximum absolute atomic E-state index is 13.2. The number of hydrogen-bond donors (Lipinski definition) is 2. The minimum absolute atomic E-state index is 0.00545. The van der Waals surface area contributed by atoms with Gasteiger partial charge < -0.3 is 10.2 Å². The van der Waals surface area contributed by atoms with Gasteiger partial charge in [-0.25, -0.2) is 0 Å². The molecular weight excluding hydrogens is 598 g/mol. The summed E-state index contributed by atoms with van der Waals surface area (Å²) in [6.45, 7) is 33.2. The van der Waals surface area contributed by atoms with E-state index >= 15 is 0 Å². The molecule has 0 saturated carbocycles. The zero-order valence-electron chi connectivity index (χ0n) is 32.8. The van der Waals surface area contributed by atoms with E-state index in [4.69, 9.17) is 0 Å². The summed E-state index contributed by atoms with van der Waals surface area (Å²) >= 11 is 4.64. The number of carbonyl (C=O) groups excluding carboxylic acids is 1. The van der Waals surface area contributed by atoms with Crippen molar-refractivity contribution in [2.75, 3.05) is 13.4 Å². The van der Waals surface area contributed by atoms with Crippen molar-refractivity contribution >= 4 is 17.5 Å². The first-order valence-corrected chi connectivity index (χ1v) is 18.3. The molecule has 0 bridgehead atoms. The van der Waals surface area contributed by atoms with Crippen LogP contribution in [0.5, 0.6) is 0 Å². The third-order valence-corrected chi connectivity index (χ3v) is 5.91. The summed E-state index contributed by atoms with van der Waals surface area (Å²) in [5, 5.41) is 6.66. The summed E-state index contributed by atoms with van der Waals surface area (Å²) in [7, 11) is 1.88. The fraction of sp³-hybridized carbons (Fsp3) is 0.452. The van der Waals surface area contributed by atoms with Gasteiger partial charge in [-0.2, -0.15) is 0 Å². The summed E-state index contributed by atoms with van der Waals surface area (Å²) in [5.41, 5.74) is 4.40. The van der Waals surface area contributed by atoms with Gasteiger partial charge in [0, 0.05) is 19.5 Å². The monoisotopic (exact) mass is 670 g/mol. The second-order valence-corrected chi connectivity index (χ2v) is 8.57. The molecule has 2 N–H and O–H groups in total. The molecular formula is C42H72ClN3O. The van der Waals surface area contributed by atoms with E-state index in [1.54, 1.807) is 17.3 Å². The Morgan fingerprint density at radius 3 is 1.43 bits per heavy atom. The largest absolute Gasteiger partial charge is 0.358 e. The number of amides is 1. The van der Waals surface area contributed by atoms with E-state index in [9.17, 15) is 4.79 Å². The second-order valence-electron chi connectivity index (χ2n) is 8.57. The normalized spacial score (nSPS) is 10.3. The fourth-order valence-corrected chi connectivity index (χ4v) is 3.42. The van der Waals surface area contributed by atoms with Crippen molar-refractivity contribution in [3.63, 3.8) is 0 Å². The van der Waals surface area contributed by atoms with Crippen molar-refractivity contribution in [1.82, 2.24) is 15.5 Å². The molecule has 4 nitrogen and oxygen atoms in total. The van der Waals surface area contributed by atoms with Crippen LogP contribution in [0.1, 0.15) is 120 Å². The average Bonchev–Trinajstić information content (AvgIpc) is 3.19. The quantitative estimate of drug-likeness (QED) is 0.211. The Morgan fingerprint density at radius 2 is 1.06 bits per heavy atom. The lowest BCUT2D eigenvalue weighted by Gasteiger charge is -2.25. The molecule has 3 atom stereocenters. The number of alkyl halides is 1. The summed E-state index contributed by atoms with van der Waals surface area (Å²) in [6.07, 6.45) is 5.81. The van der Waals surface area contributed by atoms with Gasteiger partial charge in [0.1, 0.15) is 6.04 Å². The minimum atomic E-state index is -0.388. The summed E-state index contributed by atoms with van der Waals surface area (Å²) in [6, 6.07) is 28.4. The van der Waals surface area contributed by atoms with Crippen LogP contribution in [0.2, 0.25) is 0 Å². The number of carbonyl (C=O) groups is 1. The molecule has 0 spiro atoms. The Kier molecular flexibility index (Phi) is 46.0. The van der Waals surface area contributed by atoms with Crippen molar-refractivity contribution in [3.05, 3.63) is 122 Å². The molecule has 0 radical (unpaired) electrons. The average molecular weight is 671 g/mol. The van der Waals surface area contributed by atoms with Crippen LogP contribution in [0.3, 0.4) is 0 Å². The van der Waals surface area contributed by atoms with Gasteiger partial charge in [-0.1, -0.05) is 174 Å². The van der Waals surface area contributed by atoms with E-state index < -0.39 is 0 Å². The zero-order chi connectivity index (χ0) is 37.6. The molecule has 0 fully saturated rings. The number of rotatable bonds is 10. The van der Waals surface area contributed by atoms with Crippen LogP contribution in [-0.2, 0) is 4.79 Å². The van der Waals surface area contributed by atoms with Gasteiger partial charge in [0.25, 0.3) is 0 Å². The van der Waals surface area contributed by atoms with Crippen molar-refractivity contribution in [2.24, 2.45) is 0 Å². The number of nitrogens with zero attached hydrogens (tertiary/aromatic N) is 1. The van der Waals surface area contributed by atoms with Crippen LogP contribution >= 0.6 is 11.6 Å². The summed E-state index contributed by atoms with van der Waals surface area (Å²) in [4.78, 5) is 14.9. The molecule has 0 saturated heterocycles. The predicted octanol–water partition coefficient (Wildman–Crippen LogP) is 12.9. The first-order valence-electron chi connectivity index (χ1n) is 17.5. The third-order valence-electron chi connectivity index (χ3n) is 5.91. The molecule has 2 unspecified atom stereocenters. The third kappa shape index (κ3) is 25.4. The highest BCUT2D eigenvalue weighted by Crippen LogP contribution is 2.23. The zero-order valence-corrected chi connectivity index (χ0v) is 33.6. The van der Waals surface area contributed by atoms with Crippen molar-refractivity contribution in [3.8, 4) is 11.1 Å². The van der Waals surface area contributed by atoms with E-state index in [0.717, 1.165) is 23.1 Å². The van der Waals surface area contributed by atoms with Crippen LogP contribution in [0.25, 0.3) is 11.1 Å². The summed E-state index contributed by atoms with van der Waals surface area (Å²) < 4.78 is 0. The molecule has 3 aromatic rings. The number of hydrogen-bond acceptors (Lipinski definition) is 3. The molecule has 0 aliphatic heterocycles. The molecule has 0 heterocycles. The lowest BCUT2D eigenvalue weighted by Crippen LogP contribution is -2.42. The number of nitrogens with one attached hydrogen (secondary N) is 2. The molecule has 3 aromatic carbocycles. The Labute approximate surface area is 297 Å². The number of halogens is 1. The van der Waals surface area contributed by atoms with Gasteiger partial charge in [-0.05, 0) is 54.9 Å². The van der Waals surface area contributed by atoms with Gasteiger partial charge in [-0.15, -0.1) is 11.6 Å². The number of benzene rings is 3. The molecule has 5 heteroatoms. The lowest BCUT2D eigenvalue weighted by atomic mass is 9.99. The first kappa shape index (κ1) is 53.2. The van der Waals surface area contributed by atoms with Gasteiger partial charge in [-0.3, -0.25) is 10.1 Å². The Balaban J connectivity index is -0.000000277.